The number of nitrogens with one attached hydrogen (secondary N) is 1. The van der Waals surface area contributed by atoms with Crippen LogP contribution in [0.15, 0.2) is 42.7 Å². The second-order valence-electron chi connectivity index (χ2n) is 6.29. The van der Waals surface area contributed by atoms with Gasteiger partial charge in [-0.05, 0) is 55.5 Å². The molecule has 1 N–H and O–H groups in total. The standard InChI is InChI=1S/C18H17N9O/c1-11-7-12(2)21-18(20-11)27-16(8-13(3)23-27)22-17(28)14-5-4-6-15(9-14)26-10-19-24-25-26/h4-10H,1-3H3,(H,22,28). The predicted molar refractivity (Wildman–Crippen MR) is 100 cm³/mol. The third-order valence-corrected chi connectivity index (χ3v) is 3.95. The highest BCUT2D eigenvalue weighted by Gasteiger charge is 2.15. The van der Waals surface area contributed by atoms with Crippen LogP contribution in [0.3, 0.4) is 0 Å². The molecule has 0 spiro atoms. The van der Waals surface area contributed by atoms with Gasteiger partial charge in [0.1, 0.15) is 12.1 Å². The van der Waals surface area contributed by atoms with Crippen LogP contribution in [-0.4, -0.2) is 45.9 Å². The molecule has 140 valence electrons. The summed E-state index contributed by atoms with van der Waals surface area (Å²) in [5, 5.41) is 18.3. The molecule has 1 amide bonds. The summed E-state index contributed by atoms with van der Waals surface area (Å²) in [5.74, 6) is 0.601. The van der Waals surface area contributed by atoms with Crippen molar-refractivity contribution in [3.63, 3.8) is 0 Å². The minimum absolute atomic E-state index is 0.291. The quantitative estimate of drug-likeness (QED) is 0.578. The minimum atomic E-state index is -0.291. The number of carbonyl (C=O) groups is 1. The minimum Gasteiger partial charge on any atom is -0.306 e. The highest BCUT2D eigenvalue weighted by atomic mass is 16.1. The van der Waals surface area contributed by atoms with Crippen molar-refractivity contribution in [2.75, 3.05) is 5.32 Å². The van der Waals surface area contributed by atoms with Gasteiger partial charge < -0.3 is 5.32 Å². The SMILES string of the molecule is Cc1cc(C)nc(-n2nc(C)cc2NC(=O)c2cccc(-n3cnnn3)c2)n1. The number of hydrogen-bond acceptors (Lipinski definition) is 7. The Morgan fingerprint density at radius 3 is 2.50 bits per heavy atom. The fraction of sp³-hybridized carbons (Fsp3) is 0.167. The van der Waals surface area contributed by atoms with E-state index in [9.17, 15) is 4.79 Å². The van der Waals surface area contributed by atoms with Crippen molar-refractivity contribution in [1.29, 1.82) is 0 Å². The molecule has 4 rings (SSSR count). The maximum Gasteiger partial charge on any atom is 0.256 e. The summed E-state index contributed by atoms with van der Waals surface area (Å²) in [6.07, 6.45) is 1.47. The van der Waals surface area contributed by atoms with Crippen molar-refractivity contribution >= 4 is 11.7 Å². The van der Waals surface area contributed by atoms with E-state index in [-0.39, 0.29) is 5.91 Å². The molecule has 0 unspecified atom stereocenters. The molecule has 0 aliphatic heterocycles. The van der Waals surface area contributed by atoms with Gasteiger partial charge in [-0.25, -0.2) is 14.6 Å². The number of carbonyl (C=O) groups excluding carboxylic acids is 1. The molecule has 10 heteroatoms. The largest absolute Gasteiger partial charge is 0.306 e. The second kappa shape index (κ2) is 6.99. The molecule has 0 atom stereocenters. The van der Waals surface area contributed by atoms with Crippen molar-refractivity contribution in [1.82, 2.24) is 40.0 Å². The van der Waals surface area contributed by atoms with E-state index in [1.54, 1.807) is 24.3 Å². The Labute approximate surface area is 160 Å². The first kappa shape index (κ1) is 17.5. The van der Waals surface area contributed by atoms with Crippen LogP contribution in [0.1, 0.15) is 27.4 Å². The van der Waals surface area contributed by atoms with Crippen molar-refractivity contribution in [2.24, 2.45) is 0 Å². The van der Waals surface area contributed by atoms with E-state index in [1.165, 1.54) is 15.7 Å². The maximum atomic E-state index is 12.8. The first-order chi connectivity index (χ1) is 13.5. The lowest BCUT2D eigenvalue weighted by atomic mass is 10.2. The van der Waals surface area contributed by atoms with Gasteiger partial charge in [-0.1, -0.05) is 6.07 Å². The monoisotopic (exact) mass is 375 g/mol. The average molecular weight is 375 g/mol. The van der Waals surface area contributed by atoms with Crippen LogP contribution in [0.4, 0.5) is 5.82 Å². The summed E-state index contributed by atoms with van der Waals surface area (Å²) in [5.41, 5.74) is 3.52. The summed E-state index contributed by atoms with van der Waals surface area (Å²) in [7, 11) is 0. The first-order valence-electron chi connectivity index (χ1n) is 8.54. The molecule has 1 aromatic carbocycles. The second-order valence-corrected chi connectivity index (χ2v) is 6.29. The first-order valence-corrected chi connectivity index (χ1v) is 8.54. The van der Waals surface area contributed by atoms with Gasteiger partial charge in [-0.15, -0.1) is 5.10 Å². The Hall–Kier alpha value is -3.95. The smallest absolute Gasteiger partial charge is 0.256 e. The fourth-order valence-corrected chi connectivity index (χ4v) is 2.80. The zero-order chi connectivity index (χ0) is 19.7. The molecule has 0 saturated heterocycles. The van der Waals surface area contributed by atoms with Crippen molar-refractivity contribution in [2.45, 2.75) is 20.8 Å². The number of aromatic nitrogens is 8. The van der Waals surface area contributed by atoms with Crippen LogP contribution in [-0.2, 0) is 0 Å². The van der Waals surface area contributed by atoms with E-state index in [1.807, 2.05) is 32.9 Å². The molecule has 28 heavy (non-hydrogen) atoms. The van der Waals surface area contributed by atoms with Gasteiger partial charge >= 0.3 is 0 Å². The van der Waals surface area contributed by atoms with Gasteiger partial charge in [-0.3, -0.25) is 4.79 Å². The van der Waals surface area contributed by atoms with Crippen LogP contribution in [0.5, 0.6) is 0 Å². The highest BCUT2D eigenvalue weighted by Crippen LogP contribution is 2.17. The Morgan fingerprint density at radius 2 is 1.79 bits per heavy atom. The molecular formula is C18H17N9O. The average Bonchev–Trinajstić information content (AvgIpc) is 3.31. The lowest BCUT2D eigenvalue weighted by molar-refractivity contribution is 0.102. The molecule has 3 heterocycles. The van der Waals surface area contributed by atoms with Gasteiger partial charge in [0.25, 0.3) is 11.9 Å². The molecule has 0 bridgehead atoms. The maximum absolute atomic E-state index is 12.8. The fourth-order valence-electron chi connectivity index (χ4n) is 2.80. The van der Waals surface area contributed by atoms with Crippen LogP contribution in [0.25, 0.3) is 11.6 Å². The summed E-state index contributed by atoms with van der Waals surface area (Å²) >= 11 is 0. The van der Waals surface area contributed by atoms with Crippen LogP contribution >= 0.6 is 0 Å². The number of rotatable bonds is 4. The summed E-state index contributed by atoms with van der Waals surface area (Å²) in [6.45, 7) is 5.61. The Kier molecular flexibility index (Phi) is 4.36. The molecular weight excluding hydrogens is 358 g/mol. The van der Waals surface area contributed by atoms with Gasteiger partial charge in [0.2, 0.25) is 0 Å². The highest BCUT2D eigenvalue weighted by molar-refractivity contribution is 6.04. The molecule has 0 radical (unpaired) electrons. The summed E-state index contributed by atoms with van der Waals surface area (Å²) in [4.78, 5) is 21.6. The van der Waals surface area contributed by atoms with E-state index in [4.69, 9.17) is 0 Å². The van der Waals surface area contributed by atoms with Crippen LogP contribution < -0.4 is 5.32 Å². The number of benzene rings is 1. The number of hydrogen-bond donors (Lipinski definition) is 1. The Balaban J connectivity index is 1.65. The normalized spacial score (nSPS) is 10.8. The number of nitrogens with zero attached hydrogens (tertiary/aromatic N) is 8. The Morgan fingerprint density at radius 1 is 1.00 bits per heavy atom. The van der Waals surface area contributed by atoms with Gasteiger partial charge in [0.15, 0.2) is 0 Å². The molecule has 0 aliphatic rings. The summed E-state index contributed by atoms with van der Waals surface area (Å²) < 4.78 is 3.01. The topological polar surface area (TPSA) is 116 Å². The summed E-state index contributed by atoms with van der Waals surface area (Å²) in [6, 6.07) is 10.6. The van der Waals surface area contributed by atoms with Crippen molar-refractivity contribution in [3.05, 3.63) is 65.4 Å². The van der Waals surface area contributed by atoms with E-state index in [2.05, 4.69) is 35.9 Å². The third kappa shape index (κ3) is 3.47. The zero-order valence-electron chi connectivity index (χ0n) is 15.5. The lowest BCUT2D eigenvalue weighted by Crippen LogP contribution is -2.17. The zero-order valence-corrected chi connectivity index (χ0v) is 15.5. The number of anilines is 1. The van der Waals surface area contributed by atoms with E-state index < -0.39 is 0 Å². The van der Waals surface area contributed by atoms with Crippen molar-refractivity contribution in [3.8, 4) is 11.6 Å². The number of amides is 1. The van der Waals surface area contributed by atoms with E-state index in [0.29, 0.717) is 23.0 Å². The van der Waals surface area contributed by atoms with Crippen molar-refractivity contribution < 1.29 is 4.79 Å². The number of aryl methyl sites for hydroxylation is 3. The Bertz CT molecular complexity index is 1130. The van der Waals surface area contributed by atoms with E-state index >= 15 is 0 Å². The predicted octanol–water partition coefficient (Wildman–Crippen LogP) is 1.82. The lowest BCUT2D eigenvalue weighted by Gasteiger charge is -2.09. The molecule has 0 saturated carbocycles. The third-order valence-electron chi connectivity index (χ3n) is 3.95. The molecule has 4 aromatic rings. The van der Waals surface area contributed by atoms with Crippen LogP contribution in [0.2, 0.25) is 0 Å². The van der Waals surface area contributed by atoms with Gasteiger partial charge in [-0.2, -0.15) is 9.78 Å². The van der Waals surface area contributed by atoms with Crippen LogP contribution in [0, 0.1) is 20.8 Å². The molecule has 3 aromatic heterocycles. The number of tetrazole rings is 1. The molecule has 0 aliphatic carbocycles. The van der Waals surface area contributed by atoms with E-state index in [0.717, 1.165) is 17.1 Å². The van der Waals surface area contributed by atoms with Gasteiger partial charge in [0, 0.05) is 23.0 Å². The molecule has 0 fully saturated rings. The molecule has 10 nitrogen and oxygen atoms in total. The van der Waals surface area contributed by atoms with Gasteiger partial charge in [0.05, 0.1) is 11.4 Å².